The summed E-state index contributed by atoms with van der Waals surface area (Å²) >= 11 is 0. The van der Waals surface area contributed by atoms with Gasteiger partial charge in [-0.3, -0.25) is 34.6 Å². The molecule has 2 fully saturated rings. The predicted octanol–water partition coefficient (Wildman–Crippen LogP) is 6.10. The van der Waals surface area contributed by atoms with Crippen LogP contribution in [0.25, 0.3) is 21.5 Å². The van der Waals surface area contributed by atoms with Gasteiger partial charge in [0.25, 0.3) is 11.4 Å². The molecule has 6 aromatic carbocycles. The van der Waals surface area contributed by atoms with E-state index in [1.807, 2.05) is 77.5 Å². The molecule has 0 bridgehead atoms. The molecule has 0 aromatic heterocycles. The van der Waals surface area contributed by atoms with Gasteiger partial charge in [0.2, 0.25) is 26.0 Å². The number of para-hydroxylation sites is 2. The predicted molar refractivity (Wildman–Crippen MR) is 276 cm³/mol. The van der Waals surface area contributed by atoms with Crippen LogP contribution in [0.3, 0.4) is 0 Å². The van der Waals surface area contributed by atoms with E-state index in [1.54, 1.807) is 0 Å². The summed E-state index contributed by atoms with van der Waals surface area (Å²) < 4.78 is 64.4. The van der Waals surface area contributed by atoms with Crippen LogP contribution >= 0.6 is 0 Å². The average Bonchev–Trinajstić information content (AvgIpc) is 4.36. The van der Waals surface area contributed by atoms with Crippen LogP contribution in [0.1, 0.15) is 49.7 Å². The number of nitrogens with zero attached hydrogens (tertiary/aromatic N) is 2. The Morgan fingerprint density at radius 3 is 1.41 bits per heavy atom. The summed E-state index contributed by atoms with van der Waals surface area (Å²) in [5.41, 5.74) is 6.38. The smallest absolute Gasteiger partial charge is 0.328 e. The molecule has 23 heteroatoms. The second-order valence-electron chi connectivity index (χ2n) is 18.0. The molecule has 6 N–H and O–H groups in total. The van der Waals surface area contributed by atoms with E-state index < -0.39 is 93.1 Å². The van der Waals surface area contributed by atoms with E-state index in [0.29, 0.717) is 6.42 Å². The number of carbonyl (C=O) groups excluding carboxylic acids is 3. The summed E-state index contributed by atoms with van der Waals surface area (Å²) in [5, 5.41) is 38.3. The number of nitro benzene ring substituents is 2. The van der Waals surface area contributed by atoms with Gasteiger partial charge in [-0.05, 0) is 75.9 Å². The Kier molecular flexibility index (Phi) is 19.2. The highest BCUT2D eigenvalue weighted by Gasteiger charge is 2.37. The number of sulfonamides is 2. The van der Waals surface area contributed by atoms with E-state index in [2.05, 4.69) is 26.9 Å². The Labute approximate surface area is 432 Å². The molecule has 21 nitrogen and oxygen atoms in total. The molecule has 4 atom stereocenters. The molecule has 0 heterocycles. The van der Waals surface area contributed by atoms with Crippen LogP contribution in [0.5, 0.6) is 0 Å². The summed E-state index contributed by atoms with van der Waals surface area (Å²) in [6.07, 6.45) is 4.45. The van der Waals surface area contributed by atoms with E-state index in [-0.39, 0.29) is 37.1 Å². The number of fused-ring (bicyclic) bond motifs is 2. The Balaban J connectivity index is 0.000000202. The SMILES string of the molecule is COC(=O)[C@@H](N)Cc1ccc2ccccc2c1.COC(=O)[C@H](Cc1ccc2ccccc2c1)NC(=O)[C@H](CC1CC1)NS(=O)(=O)c1ccccc1[N+](=O)[O-].O=C(O)[C@H](CC1CC1)NS(=O)(=O)c1ccccc1[N+](=O)[O-]. The molecule has 0 spiro atoms. The quantitative estimate of drug-likeness (QED) is 0.0309. The highest BCUT2D eigenvalue weighted by Crippen LogP contribution is 2.35. The third kappa shape index (κ3) is 16.1. The number of hydrogen-bond acceptors (Lipinski definition) is 15. The maximum atomic E-state index is 13.3. The molecule has 0 aliphatic heterocycles. The first-order valence-corrected chi connectivity index (χ1v) is 26.6. The molecule has 2 saturated carbocycles. The van der Waals surface area contributed by atoms with Crippen LogP contribution in [0, 0.1) is 32.1 Å². The van der Waals surface area contributed by atoms with Crippen molar-refractivity contribution in [1.82, 2.24) is 14.8 Å². The maximum Gasteiger partial charge on any atom is 0.328 e. The number of benzene rings is 6. The number of rotatable bonds is 21. The third-order valence-corrected chi connectivity index (χ3v) is 15.3. The van der Waals surface area contributed by atoms with E-state index >= 15 is 0 Å². The first-order chi connectivity index (χ1) is 35.7. The van der Waals surface area contributed by atoms with Gasteiger partial charge in [0.05, 0.1) is 24.1 Å². The zero-order valence-corrected chi connectivity index (χ0v) is 42.4. The Hall–Kier alpha value is -7.70. The van der Waals surface area contributed by atoms with Gasteiger partial charge in [0.1, 0.15) is 24.2 Å². The van der Waals surface area contributed by atoms with Crippen molar-refractivity contribution < 1.29 is 60.4 Å². The first kappa shape index (κ1) is 56.6. The van der Waals surface area contributed by atoms with Crippen molar-refractivity contribution in [1.29, 1.82) is 0 Å². The lowest BCUT2D eigenvalue weighted by atomic mass is 10.0. The molecule has 2 aliphatic carbocycles. The number of esters is 2. The Bertz CT molecular complexity index is 3300. The van der Waals surface area contributed by atoms with Crippen LogP contribution in [-0.4, -0.2) is 94.0 Å². The van der Waals surface area contributed by atoms with Crippen molar-refractivity contribution in [2.45, 2.75) is 85.3 Å². The largest absolute Gasteiger partial charge is 0.480 e. The van der Waals surface area contributed by atoms with Crippen molar-refractivity contribution in [2.24, 2.45) is 17.6 Å². The number of methoxy groups -OCH3 is 2. The van der Waals surface area contributed by atoms with Crippen LogP contribution in [0.2, 0.25) is 0 Å². The van der Waals surface area contributed by atoms with Gasteiger partial charge in [-0.15, -0.1) is 0 Å². The van der Waals surface area contributed by atoms with Crippen molar-refractivity contribution >= 4 is 76.8 Å². The number of amides is 1. The number of carboxylic acid groups (broad SMARTS) is 1. The molecule has 75 heavy (non-hydrogen) atoms. The molecule has 2 aliphatic rings. The fraction of sp³-hybridized carbons (Fsp3) is 0.308. The van der Waals surface area contributed by atoms with E-state index in [9.17, 15) is 56.2 Å². The number of nitro groups is 2. The van der Waals surface area contributed by atoms with E-state index in [0.717, 1.165) is 77.2 Å². The number of carboxylic acids is 1. The van der Waals surface area contributed by atoms with Crippen LogP contribution in [0.15, 0.2) is 143 Å². The van der Waals surface area contributed by atoms with Gasteiger partial charge in [-0.25, -0.2) is 21.6 Å². The minimum atomic E-state index is -4.41. The monoisotopic (exact) mass is 1070 g/mol. The standard InChI is InChI=1S/C26H27N3O7S.C14H15NO2.C12H14N2O6S/c1-36-26(31)22(16-18-12-13-19-6-2-3-7-20(19)14-18)27-25(30)21(15-17-10-11-17)28-37(34,35)24-9-5-4-8-23(24)29(32)33;1-17-14(16)13(15)9-10-6-7-11-4-2-3-5-12(11)8-10;15-12(16)9(7-8-5-6-8)13-21(19,20)11-4-2-1-3-10(11)14(17)18/h2-9,12-14,17,21-22,28H,10-11,15-16H2,1H3,(H,27,30);2-8,13H,9,15H2,1H3;1-4,8-9,13H,5-7H2,(H,15,16)/t21-,22-;13-;9-/m000/s1. The molecule has 396 valence electrons. The lowest BCUT2D eigenvalue weighted by molar-refractivity contribution is -0.388. The second-order valence-corrected chi connectivity index (χ2v) is 21.3. The van der Waals surface area contributed by atoms with Crippen LogP contribution in [-0.2, 0) is 61.5 Å². The first-order valence-electron chi connectivity index (χ1n) is 23.6. The lowest BCUT2D eigenvalue weighted by Crippen LogP contribution is -2.52. The van der Waals surface area contributed by atoms with Crippen LogP contribution < -0.4 is 20.5 Å². The van der Waals surface area contributed by atoms with E-state index in [1.165, 1.54) is 43.9 Å². The zero-order valence-electron chi connectivity index (χ0n) is 40.8. The summed E-state index contributed by atoms with van der Waals surface area (Å²) in [5.74, 6) is -2.71. The number of nitrogens with two attached hydrogens (primary N) is 1. The molecule has 0 saturated heterocycles. The van der Waals surface area contributed by atoms with Crippen molar-refractivity contribution in [3.63, 3.8) is 0 Å². The fourth-order valence-electron chi connectivity index (χ4n) is 8.02. The molecule has 8 rings (SSSR count). The van der Waals surface area contributed by atoms with Gasteiger partial charge in [0.15, 0.2) is 9.79 Å². The van der Waals surface area contributed by atoms with Gasteiger partial charge in [0, 0.05) is 18.6 Å². The third-order valence-electron chi connectivity index (χ3n) is 12.3. The molecule has 0 radical (unpaired) electrons. The highest BCUT2D eigenvalue weighted by molar-refractivity contribution is 7.90. The zero-order chi connectivity index (χ0) is 54.5. The van der Waals surface area contributed by atoms with E-state index in [4.69, 9.17) is 15.6 Å². The van der Waals surface area contributed by atoms with Gasteiger partial charge in [-0.2, -0.15) is 9.44 Å². The van der Waals surface area contributed by atoms with Crippen molar-refractivity contribution in [3.8, 4) is 0 Å². The lowest BCUT2D eigenvalue weighted by Gasteiger charge is -2.22. The topological polar surface area (TPSA) is 324 Å². The summed E-state index contributed by atoms with van der Waals surface area (Å²) in [6, 6.07) is 33.2. The number of aliphatic carboxylic acids is 1. The average molecular weight is 1070 g/mol. The molecule has 6 aromatic rings. The fourth-order valence-corrected chi connectivity index (χ4v) is 10.8. The summed E-state index contributed by atoms with van der Waals surface area (Å²) in [7, 11) is -6.12. The number of ether oxygens (including phenoxy) is 2. The molecular weight excluding hydrogens is 1010 g/mol. The molecular formula is C52H56N6O15S2. The highest BCUT2D eigenvalue weighted by atomic mass is 32.2. The Morgan fingerprint density at radius 1 is 0.587 bits per heavy atom. The van der Waals surface area contributed by atoms with Gasteiger partial charge in [-0.1, -0.05) is 135 Å². The minimum Gasteiger partial charge on any atom is -0.480 e. The number of hydrogen-bond donors (Lipinski definition) is 5. The van der Waals surface area contributed by atoms with Crippen LogP contribution in [0.4, 0.5) is 11.4 Å². The van der Waals surface area contributed by atoms with Crippen molar-refractivity contribution in [2.75, 3.05) is 14.2 Å². The number of carbonyl (C=O) groups is 4. The van der Waals surface area contributed by atoms with Crippen molar-refractivity contribution in [3.05, 3.63) is 165 Å². The second kappa shape index (κ2) is 25.5. The van der Waals surface area contributed by atoms with Gasteiger partial charge < -0.3 is 25.6 Å². The normalized spacial score (nSPS) is 14.8. The summed E-state index contributed by atoms with van der Waals surface area (Å²) in [6.45, 7) is 0. The molecule has 1 amide bonds. The number of nitrogens with one attached hydrogen (secondary N) is 3. The van der Waals surface area contributed by atoms with Gasteiger partial charge >= 0.3 is 17.9 Å². The maximum absolute atomic E-state index is 13.3. The Morgan fingerprint density at radius 2 is 0.987 bits per heavy atom. The molecule has 0 unspecified atom stereocenters. The minimum absolute atomic E-state index is 0.135. The summed E-state index contributed by atoms with van der Waals surface area (Å²) in [4.78, 5) is 67.8.